The lowest BCUT2D eigenvalue weighted by Crippen LogP contribution is -3.10. The average Bonchev–Trinajstić information content (AvgIpc) is 3.26. The van der Waals surface area contributed by atoms with Gasteiger partial charge in [-0.25, -0.2) is 4.98 Å². The van der Waals surface area contributed by atoms with Crippen molar-refractivity contribution in [3.8, 4) is 0 Å². The molecule has 0 saturated heterocycles. The first kappa shape index (κ1) is 21.2. The summed E-state index contributed by atoms with van der Waals surface area (Å²) < 4.78 is 0. The van der Waals surface area contributed by atoms with Crippen molar-refractivity contribution in [3.63, 3.8) is 0 Å². The summed E-state index contributed by atoms with van der Waals surface area (Å²) in [7, 11) is 0. The summed E-state index contributed by atoms with van der Waals surface area (Å²) in [5, 5.41) is 3.57. The molecule has 0 aliphatic carbocycles. The Morgan fingerprint density at radius 1 is 0.848 bits per heavy atom. The van der Waals surface area contributed by atoms with Gasteiger partial charge in [-0.3, -0.25) is 14.9 Å². The van der Waals surface area contributed by atoms with Gasteiger partial charge in [0.1, 0.15) is 13.1 Å². The Balaban J connectivity index is 1.22. The van der Waals surface area contributed by atoms with E-state index in [1.54, 1.807) is 47.7 Å². The van der Waals surface area contributed by atoms with Gasteiger partial charge in [0, 0.05) is 28.7 Å². The zero-order valence-electron chi connectivity index (χ0n) is 18.1. The van der Waals surface area contributed by atoms with E-state index < -0.39 is 0 Å². The number of nitrogens with one attached hydrogen (secondary N) is 2. The van der Waals surface area contributed by atoms with Crippen molar-refractivity contribution in [1.29, 1.82) is 0 Å². The molecule has 1 aliphatic rings. The Labute approximate surface area is 196 Å². The van der Waals surface area contributed by atoms with Gasteiger partial charge >= 0.3 is 0 Å². The van der Waals surface area contributed by atoms with Crippen LogP contribution in [-0.4, -0.2) is 23.2 Å². The smallest absolute Gasteiger partial charge is 0.257 e. The Morgan fingerprint density at radius 2 is 1.48 bits per heavy atom. The molecule has 33 heavy (non-hydrogen) atoms. The van der Waals surface area contributed by atoms with Gasteiger partial charge in [0.2, 0.25) is 0 Å². The highest BCUT2D eigenvalue weighted by Gasteiger charge is 2.24. The Kier molecular flexibility index (Phi) is 6.11. The normalized spacial score (nSPS) is 15.0. The van der Waals surface area contributed by atoms with Crippen molar-refractivity contribution in [1.82, 2.24) is 4.98 Å². The zero-order valence-corrected chi connectivity index (χ0v) is 18.9. The molecule has 0 bridgehead atoms. The third-order valence-electron chi connectivity index (χ3n) is 5.87. The Hall–Kier alpha value is -3.61. The molecule has 5 nitrogen and oxygen atoms in total. The summed E-state index contributed by atoms with van der Waals surface area (Å²) in [5.74, 6) is -0.272. The van der Waals surface area contributed by atoms with Gasteiger partial charge in [-0.1, -0.05) is 84.1 Å². The minimum Gasteiger partial charge on any atom is -0.326 e. The molecule has 5 rings (SSSR count). The highest BCUT2D eigenvalue weighted by molar-refractivity contribution is 7.15. The molecule has 0 fully saturated rings. The maximum atomic E-state index is 12.7. The topological polar surface area (TPSA) is 63.5 Å². The third kappa shape index (κ3) is 4.92. The van der Waals surface area contributed by atoms with Crippen molar-refractivity contribution in [2.45, 2.75) is 19.5 Å². The molecule has 4 aromatic rings. The van der Waals surface area contributed by atoms with E-state index in [1.165, 1.54) is 15.3 Å². The fourth-order valence-electron chi connectivity index (χ4n) is 4.11. The summed E-state index contributed by atoms with van der Waals surface area (Å²) >= 11 is 1.56. The molecule has 1 atom stereocenters. The lowest BCUT2D eigenvalue weighted by atomic mass is 10.0. The fraction of sp³-hybridized carbons (Fsp3) is 0.148. The first-order chi connectivity index (χ1) is 16.2. The monoisotopic (exact) mass is 454 g/mol. The number of quaternary nitrogens is 1. The van der Waals surface area contributed by atoms with E-state index in [2.05, 4.69) is 34.6 Å². The van der Waals surface area contributed by atoms with E-state index in [4.69, 9.17) is 0 Å². The molecule has 3 aromatic carbocycles. The Morgan fingerprint density at radius 3 is 2.21 bits per heavy atom. The SMILES string of the molecule is O=C(Nc1nc2c(s1)C[NH+](Cc1ccccc1)CC2)c1ccc(C(=O)c2ccccc2)cc1. The summed E-state index contributed by atoms with van der Waals surface area (Å²) in [6.07, 6.45) is 0.917. The number of thiazole rings is 1. The van der Waals surface area contributed by atoms with E-state index in [9.17, 15) is 9.59 Å². The van der Waals surface area contributed by atoms with Gasteiger partial charge in [0.15, 0.2) is 10.9 Å². The number of anilines is 1. The first-order valence-electron chi connectivity index (χ1n) is 11.0. The van der Waals surface area contributed by atoms with Gasteiger partial charge in [-0.05, 0) is 12.1 Å². The minimum atomic E-state index is -0.215. The second-order valence-electron chi connectivity index (χ2n) is 8.20. The maximum Gasteiger partial charge on any atom is 0.257 e. The molecule has 2 heterocycles. The zero-order chi connectivity index (χ0) is 22.6. The number of amides is 1. The second kappa shape index (κ2) is 9.48. The summed E-state index contributed by atoms with van der Waals surface area (Å²) in [4.78, 5) is 32.7. The third-order valence-corrected chi connectivity index (χ3v) is 6.88. The quantitative estimate of drug-likeness (QED) is 0.436. The van der Waals surface area contributed by atoms with Gasteiger partial charge in [0.25, 0.3) is 5.91 Å². The number of ketones is 1. The number of benzene rings is 3. The van der Waals surface area contributed by atoms with Gasteiger partial charge in [0.05, 0.1) is 17.1 Å². The first-order valence-corrected chi connectivity index (χ1v) is 11.8. The van der Waals surface area contributed by atoms with Crippen molar-refractivity contribution in [2.24, 2.45) is 0 Å². The number of hydrogen-bond donors (Lipinski definition) is 2. The molecule has 0 saturated carbocycles. The van der Waals surface area contributed by atoms with Crippen molar-refractivity contribution >= 4 is 28.2 Å². The van der Waals surface area contributed by atoms with E-state index in [0.29, 0.717) is 21.8 Å². The largest absolute Gasteiger partial charge is 0.326 e. The van der Waals surface area contributed by atoms with Crippen LogP contribution in [0.25, 0.3) is 0 Å². The van der Waals surface area contributed by atoms with Crippen LogP contribution in [0.1, 0.15) is 42.4 Å². The van der Waals surface area contributed by atoms with E-state index in [-0.39, 0.29) is 11.7 Å². The van der Waals surface area contributed by atoms with Crippen LogP contribution in [0.5, 0.6) is 0 Å². The molecule has 2 N–H and O–H groups in total. The van der Waals surface area contributed by atoms with E-state index in [1.807, 2.05) is 24.3 Å². The van der Waals surface area contributed by atoms with E-state index in [0.717, 1.165) is 31.7 Å². The molecular formula is C27H24N3O2S+. The molecule has 0 radical (unpaired) electrons. The van der Waals surface area contributed by atoms with Crippen molar-refractivity contribution in [3.05, 3.63) is 118 Å². The number of aromatic nitrogens is 1. The molecule has 1 aliphatic heterocycles. The lowest BCUT2D eigenvalue weighted by Gasteiger charge is -2.22. The number of carbonyl (C=O) groups excluding carboxylic acids is 2. The molecule has 0 spiro atoms. The predicted octanol–water partition coefficient (Wildman–Crippen LogP) is 3.77. The van der Waals surface area contributed by atoms with Crippen molar-refractivity contribution < 1.29 is 14.5 Å². The number of fused-ring (bicyclic) bond motifs is 1. The van der Waals surface area contributed by atoms with Crippen LogP contribution in [0.15, 0.2) is 84.9 Å². The summed E-state index contributed by atoms with van der Waals surface area (Å²) in [6.45, 7) is 2.96. The number of hydrogen-bond acceptors (Lipinski definition) is 4. The highest BCUT2D eigenvalue weighted by Crippen LogP contribution is 2.25. The van der Waals surface area contributed by atoms with Crippen LogP contribution in [0.3, 0.4) is 0 Å². The van der Waals surface area contributed by atoms with Crippen LogP contribution < -0.4 is 10.2 Å². The number of carbonyl (C=O) groups is 2. The highest BCUT2D eigenvalue weighted by atomic mass is 32.1. The van der Waals surface area contributed by atoms with Crippen LogP contribution in [-0.2, 0) is 19.5 Å². The van der Waals surface area contributed by atoms with Gasteiger partial charge in [-0.15, -0.1) is 0 Å². The summed E-state index contributed by atoms with van der Waals surface area (Å²) in [6, 6.07) is 26.4. The van der Waals surface area contributed by atoms with Crippen molar-refractivity contribution in [2.75, 3.05) is 11.9 Å². The standard InChI is InChI=1S/C27H23N3O2S/c31-25(20-9-5-2-6-10-20)21-11-13-22(14-12-21)26(32)29-27-28-23-15-16-30(18-24(23)33-27)17-19-7-3-1-4-8-19/h1-14H,15-18H2,(H,28,29,32)/p+1. The molecule has 6 heteroatoms. The maximum absolute atomic E-state index is 12.7. The van der Waals surface area contributed by atoms with Gasteiger partial charge < -0.3 is 4.90 Å². The van der Waals surface area contributed by atoms with Crippen LogP contribution in [0.4, 0.5) is 5.13 Å². The van der Waals surface area contributed by atoms with Crippen LogP contribution in [0.2, 0.25) is 0 Å². The molecular weight excluding hydrogens is 430 g/mol. The van der Waals surface area contributed by atoms with Gasteiger partial charge in [-0.2, -0.15) is 0 Å². The second-order valence-corrected chi connectivity index (χ2v) is 9.29. The number of rotatable bonds is 6. The fourth-order valence-corrected chi connectivity index (χ4v) is 5.19. The molecule has 164 valence electrons. The molecule has 1 unspecified atom stereocenters. The lowest BCUT2D eigenvalue weighted by molar-refractivity contribution is -0.929. The molecule has 1 amide bonds. The average molecular weight is 455 g/mol. The Bertz CT molecular complexity index is 1270. The summed E-state index contributed by atoms with van der Waals surface area (Å²) in [5.41, 5.74) is 4.12. The molecule has 1 aromatic heterocycles. The predicted molar refractivity (Wildman–Crippen MR) is 130 cm³/mol. The minimum absolute atomic E-state index is 0.0577. The van der Waals surface area contributed by atoms with E-state index >= 15 is 0 Å². The van der Waals surface area contributed by atoms with Crippen LogP contribution in [0, 0.1) is 0 Å². The van der Waals surface area contributed by atoms with Crippen LogP contribution >= 0.6 is 11.3 Å². The number of nitrogens with zero attached hydrogens (tertiary/aromatic N) is 1.